The number of carbonyl (C=O) groups excluding carboxylic acids is 1. The molecule has 1 aromatic carbocycles. The van der Waals surface area contributed by atoms with Gasteiger partial charge in [-0.25, -0.2) is 9.97 Å². The second-order valence-corrected chi connectivity index (χ2v) is 5.77. The minimum absolute atomic E-state index is 0.129. The SMILES string of the molecule is O=C(Cc1cn2ccsc2n1)Cn1cnc2ccccc21. The van der Waals surface area contributed by atoms with Gasteiger partial charge in [-0.15, -0.1) is 11.3 Å². The molecular weight excluding hydrogens is 284 g/mol. The van der Waals surface area contributed by atoms with E-state index in [1.807, 2.05) is 51.0 Å². The molecule has 4 aromatic rings. The molecule has 5 nitrogen and oxygen atoms in total. The molecule has 0 spiro atoms. The Kier molecular flexibility index (Phi) is 2.82. The second kappa shape index (κ2) is 4.82. The van der Waals surface area contributed by atoms with Crippen LogP contribution in [0.5, 0.6) is 0 Å². The molecule has 0 radical (unpaired) electrons. The highest BCUT2D eigenvalue weighted by molar-refractivity contribution is 7.15. The molecule has 3 aromatic heterocycles. The van der Waals surface area contributed by atoms with Crippen molar-refractivity contribution in [3.8, 4) is 0 Å². The third-order valence-electron chi connectivity index (χ3n) is 3.40. The standard InChI is InChI=1S/C15H12N4OS/c20-12(7-11-8-18-5-6-21-15(18)17-11)9-19-10-16-13-3-1-2-4-14(13)19/h1-6,8,10H,7,9H2. The first-order chi connectivity index (χ1) is 10.3. The van der Waals surface area contributed by atoms with Crippen LogP contribution in [0.4, 0.5) is 0 Å². The molecule has 6 heteroatoms. The molecule has 0 aliphatic rings. The maximum atomic E-state index is 12.2. The number of hydrogen-bond acceptors (Lipinski definition) is 4. The lowest BCUT2D eigenvalue weighted by Gasteiger charge is -2.02. The van der Waals surface area contributed by atoms with Gasteiger partial charge >= 0.3 is 0 Å². The molecule has 0 aliphatic carbocycles. The summed E-state index contributed by atoms with van der Waals surface area (Å²) in [6, 6.07) is 7.82. The lowest BCUT2D eigenvalue weighted by atomic mass is 10.2. The molecule has 0 unspecified atom stereocenters. The maximum absolute atomic E-state index is 12.2. The number of carbonyl (C=O) groups is 1. The zero-order valence-corrected chi connectivity index (χ0v) is 12.0. The van der Waals surface area contributed by atoms with Crippen LogP contribution in [0.2, 0.25) is 0 Å². The van der Waals surface area contributed by atoms with Crippen molar-refractivity contribution in [2.45, 2.75) is 13.0 Å². The van der Waals surface area contributed by atoms with Crippen LogP contribution < -0.4 is 0 Å². The summed E-state index contributed by atoms with van der Waals surface area (Å²) >= 11 is 1.57. The van der Waals surface area contributed by atoms with Crippen LogP contribution >= 0.6 is 11.3 Å². The summed E-state index contributed by atoms with van der Waals surface area (Å²) in [7, 11) is 0. The van der Waals surface area contributed by atoms with Crippen LogP contribution in [0.3, 0.4) is 0 Å². The van der Waals surface area contributed by atoms with Gasteiger partial charge in [-0.2, -0.15) is 0 Å². The Labute approximate surface area is 124 Å². The van der Waals surface area contributed by atoms with Crippen LogP contribution in [-0.2, 0) is 17.8 Å². The average Bonchev–Trinajstić information content (AvgIpc) is 3.14. The van der Waals surface area contributed by atoms with E-state index in [1.165, 1.54) is 0 Å². The van der Waals surface area contributed by atoms with E-state index in [1.54, 1.807) is 17.7 Å². The number of hydrogen-bond donors (Lipinski definition) is 0. The summed E-state index contributed by atoms with van der Waals surface area (Å²) in [6.45, 7) is 0.325. The highest BCUT2D eigenvalue weighted by Gasteiger charge is 2.10. The van der Waals surface area contributed by atoms with Crippen molar-refractivity contribution in [1.82, 2.24) is 18.9 Å². The fourth-order valence-electron chi connectivity index (χ4n) is 2.45. The number of imidazole rings is 2. The van der Waals surface area contributed by atoms with Gasteiger partial charge in [0.25, 0.3) is 0 Å². The fraction of sp³-hybridized carbons (Fsp3) is 0.133. The molecular formula is C15H12N4OS. The topological polar surface area (TPSA) is 52.2 Å². The predicted molar refractivity (Wildman–Crippen MR) is 81.5 cm³/mol. The molecule has 104 valence electrons. The van der Waals surface area contributed by atoms with Crippen molar-refractivity contribution in [2.75, 3.05) is 0 Å². The quantitative estimate of drug-likeness (QED) is 0.581. The lowest BCUT2D eigenvalue weighted by molar-refractivity contribution is -0.119. The number of rotatable bonds is 4. The summed E-state index contributed by atoms with van der Waals surface area (Å²) in [5.41, 5.74) is 2.71. The van der Waals surface area contributed by atoms with Crippen molar-refractivity contribution in [1.29, 1.82) is 0 Å². The molecule has 4 rings (SSSR count). The van der Waals surface area contributed by atoms with Crippen molar-refractivity contribution >= 4 is 33.1 Å². The van der Waals surface area contributed by atoms with Crippen molar-refractivity contribution in [3.05, 3.63) is 54.1 Å². The Morgan fingerprint density at radius 1 is 1.29 bits per heavy atom. The van der Waals surface area contributed by atoms with Gasteiger partial charge in [-0.1, -0.05) is 12.1 Å². The highest BCUT2D eigenvalue weighted by Crippen LogP contribution is 2.14. The van der Waals surface area contributed by atoms with Gasteiger partial charge in [0.2, 0.25) is 0 Å². The minimum atomic E-state index is 0.129. The lowest BCUT2D eigenvalue weighted by Crippen LogP contribution is -2.12. The van der Waals surface area contributed by atoms with Gasteiger partial charge in [-0.05, 0) is 12.1 Å². The maximum Gasteiger partial charge on any atom is 0.193 e. The molecule has 0 fully saturated rings. The summed E-state index contributed by atoms with van der Waals surface area (Å²) in [5.74, 6) is 0.129. The summed E-state index contributed by atoms with van der Waals surface area (Å²) in [5, 5.41) is 1.98. The summed E-state index contributed by atoms with van der Waals surface area (Å²) in [4.78, 5) is 21.9. The van der Waals surface area contributed by atoms with Crippen LogP contribution in [0.1, 0.15) is 5.69 Å². The number of fused-ring (bicyclic) bond motifs is 2. The van der Waals surface area contributed by atoms with Gasteiger partial charge in [0.1, 0.15) is 0 Å². The van der Waals surface area contributed by atoms with E-state index in [4.69, 9.17) is 0 Å². The number of benzene rings is 1. The Morgan fingerprint density at radius 3 is 3.10 bits per heavy atom. The Balaban J connectivity index is 1.54. The number of para-hydroxylation sites is 2. The summed E-state index contributed by atoms with van der Waals surface area (Å²) < 4.78 is 3.83. The van der Waals surface area contributed by atoms with Crippen molar-refractivity contribution in [3.63, 3.8) is 0 Å². The fourth-order valence-corrected chi connectivity index (χ4v) is 3.16. The van der Waals surface area contributed by atoms with Crippen molar-refractivity contribution < 1.29 is 4.79 Å². The minimum Gasteiger partial charge on any atom is -0.323 e. The smallest absolute Gasteiger partial charge is 0.193 e. The molecule has 0 aliphatic heterocycles. The molecule has 0 amide bonds. The van der Waals surface area contributed by atoms with Crippen LogP contribution in [0, 0.1) is 0 Å². The molecule has 0 N–H and O–H groups in total. The van der Waals surface area contributed by atoms with E-state index in [0.29, 0.717) is 13.0 Å². The number of aromatic nitrogens is 4. The molecule has 0 saturated carbocycles. The largest absolute Gasteiger partial charge is 0.323 e. The zero-order valence-electron chi connectivity index (χ0n) is 11.1. The number of nitrogens with zero attached hydrogens (tertiary/aromatic N) is 4. The first kappa shape index (κ1) is 12.3. The van der Waals surface area contributed by atoms with Gasteiger partial charge in [0.05, 0.1) is 36.0 Å². The molecule has 21 heavy (non-hydrogen) atoms. The Bertz CT molecular complexity index is 905. The van der Waals surface area contributed by atoms with Crippen LogP contribution in [0.15, 0.2) is 48.4 Å². The van der Waals surface area contributed by atoms with Gasteiger partial charge < -0.3 is 4.57 Å². The van der Waals surface area contributed by atoms with Crippen molar-refractivity contribution in [2.24, 2.45) is 0 Å². The van der Waals surface area contributed by atoms with E-state index in [9.17, 15) is 4.79 Å². The zero-order chi connectivity index (χ0) is 14.2. The van der Waals surface area contributed by atoms with E-state index < -0.39 is 0 Å². The Morgan fingerprint density at radius 2 is 2.19 bits per heavy atom. The normalized spacial score (nSPS) is 11.4. The third kappa shape index (κ3) is 2.23. The Hall–Kier alpha value is -2.47. The first-order valence-electron chi connectivity index (χ1n) is 6.62. The van der Waals surface area contributed by atoms with Gasteiger partial charge in [0.15, 0.2) is 10.7 Å². The van der Waals surface area contributed by atoms with E-state index in [2.05, 4.69) is 9.97 Å². The molecule has 3 heterocycles. The first-order valence-corrected chi connectivity index (χ1v) is 7.50. The molecule has 0 atom stereocenters. The van der Waals surface area contributed by atoms with E-state index in [-0.39, 0.29) is 5.78 Å². The number of thiazole rings is 1. The summed E-state index contributed by atoms with van der Waals surface area (Å²) in [6.07, 6.45) is 5.93. The second-order valence-electron chi connectivity index (χ2n) is 4.90. The van der Waals surface area contributed by atoms with Crippen LogP contribution in [0.25, 0.3) is 16.0 Å². The number of ketones is 1. The van der Waals surface area contributed by atoms with Gasteiger partial charge in [-0.3, -0.25) is 9.20 Å². The monoisotopic (exact) mass is 296 g/mol. The van der Waals surface area contributed by atoms with Crippen LogP contribution in [-0.4, -0.2) is 24.7 Å². The third-order valence-corrected chi connectivity index (χ3v) is 4.17. The number of Topliss-reactive ketones (excluding diaryl/α,β-unsaturated/α-hetero) is 1. The van der Waals surface area contributed by atoms with E-state index in [0.717, 1.165) is 21.7 Å². The van der Waals surface area contributed by atoms with Gasteiger partial charge in [0, 0.05) is 17.8 Å². The predicted octanol–water partition coefficient (Wildman–Crippen LogP) is 2.56. The molecule has 0 saturated heterocycles. The van der Waals surface area contributed by atoms with E-state index >= 15 is 0 Å². The highest BCUT2D eigenvalue weighted by atomic mass is 32.1. The molecule has 0 bridgehead atoms. The average molecular weight is 296 g/mol.